The number of fused-ring (bicyclic) bond motifs is 2. The Morgan fingerprint density at radius 2 is 1.72 bits per heavy atom. The summed E-state index contributed by atoms with van der Waals surface area (Å²) < 4.78 is 5.31. The predicted molar refractivity (Wildman–Crippen MR) is 114 cm³/mol. The zero-order chi connectivity index (χ0) is 19.8. The molecular formula is C25H24N2O2. The van der Waals surface area contributed by atoms with Crippen LogP contribution in [0.5, 0.6) is 5.75 Å². The summed E-state index contributed by atoms with van der Waals surface area (Å²) in [6.45, 7) is 1.41. The topological polar surface area (TPSA) is 41.6 Å². The zero-order valence-corrected chi connectivity index (χ0v) is 16.5. The molecule has 2 heterocycles. The lowest BCUT2D eigenvalue weighted by molar-refractivity contribution is -0.123. The van der Waals surface area contributed by atoms with Crippen LogP contribution in [0.3, 0.4) is 0 Å². The molecule has 1 N–H and O–H groups in total. The molecule has 0 saturated carbocycles. The van der Waals surface area contributed by atoms with Gasteiger partial charge in [0.1, 0.15) is 5.75 Å². The number of nitrogens with zero attached hydrogens (tertiary/aromatic N) is 1. The lowest BCUT2D eigenvalue weighted by atomic mass is 9.73. The lowest BCUT2D eigenvalue weighted by Crippen LogP contribution is -2.43. The van der Waals surface area contributed by atoms with Gasteiger partial charge in [0, 0.05) is 5.69 Å². The van der Waals surface area contributed by atoms with Crippen LogP contribution >= 0.6 is 0 Å². The minimum absolute atomic E-state index is 0.0529. The molecule has 3 aromatic rings. The van der Waals surface area contributed by atoms with Gasteiger partial charge >= 0.3 is 0 Å². The van der Waals surface area contributed by atoms with Gasteiger partial charge in [0.2, 0.25) is 5.91 Å². The molecule has 4 nitrogen and oxygen atoms in total. The summed E-state index contributed by atoms with van der Waals surface area (Å²) in [6, 6.07) is 26.5. The number of para-hydroxylation sites is 1. The number of rotatable bonds is 4. The quantitative estimate of drug-likeness (QED) is 0.732. The molecule has 0 aromatic heterocycles. The van der Waals surface area contributed by atoms with E-state index in [0.29, 0.717) is 6.54 Å². The minimum atomic E-state index is -0.569. The summed E-state index contributed by atoms with van der Waals surface area (Å²) in [4.78, 5) is 15.9. The minimum Gasteiger partial charge on any atom is -0.497 e. The van der Waals surface area contributed by atoms with Crippen LogP contribution in [0.4, 0.5) is 5.69 Å². The fraction of sp³-hybridized carbons (Fsp3) is 0.240. The molecule has 1 fully saturated rings. The van der Waals surface area contributed by atoms with E-state index >= 15 is 0 Å². The predicted octanol–water partition coefficient (Wildman–Crippen LogP) is 4.21. The van der Waals surface area contributed by atoms with E-state index in [1.807, 2.05) is 47.4 Å². The third kappa shape index (κ3) is 2.75. The fourth-order valence-electron chi connectivity index (χ4n) is 4.93. The van der Waals surface area contributed by atoms with Crippen molar-refractivity contribution in [3.63, 3.8) is 0 Å². The summed E-state index contributed by atoms with van der Waals surface area (Å²) in [5, 5.41) is 3.61. The van der Waals surface area contributed by atoms with Gasteiger partial charge in [-0.25, -0.2) is 0 Å². The maximum Gasteiger partial charge on any atom is 0.240 e. The van der Waals surface area contributed by atoms with Crippen LogP contribution < -0.4 is 15.0 Å². The highest BCUT2D eigenvalue weighted by Gasteiger charge is 2.57. The van der Waals surface area contributed by atoms with Crippen LogP contribution in [0.2, 0.25) is 0 Å². The molecule has 2 aliphatic rings. The number of hydrogen-bond acceptors (Lipinski definition) is 3. The molecule has 4 heteroatoms. The molecule has 1 amide bonds. The Bertz CT molecular complexity index is 1030. The summed E-state index contributed by atoms with van der Waals surface area (Å²) in [5.41, 5.74) is 3.85. The normalized spacial score (nSPS) is 22.9. The van der Waals surface area contributed by atoms with E-state index in [0.717, 1.165) is 41.1 Å². The Labute approximate surface area is 171 Å². The monoisotopic (exact) mass is 384 g/mol. The number of hydrogen-bond donors (Lipinski definition) is 1. The molecule has 5 rings (SSSR count). The van der Waals surface area contributed by atoms with Gasteiger partial charge in [-0.1, -0.05) is 60.7 Å². The van der Waals surface area contributed by atoms with Crippen LogP contribution in [0.25, 0.3) is 0 Å². The SMILES string of the molecule is COc1ccc([C@@H]2NCC[C@]23C(=O)N(Cc2ccccc2)c2ccccc23)cc1. The Morgan fingerprint density at radius 3 is 2.48 bits per heavy atom. The van der Waals surface area contributed by atoms with Crippen molar-refractivity contribution in [3.8, 4) is 5.75 Å². The Morgan fingerprint density at radius 1 is 1.00 bits per heavy atom. The molecule has 1 saturated heterocycles. The third-order valence-electron chi connectivity index (χ3n) is 6.30. The maximum atomic E-state index is 14.0. The van der Waals surface area contributed by atoms with Gasteiger partial charge < -0.3 is 15.0 Å². The Balaban J connectivity index is 1.59. The second-order valence-electron chi connectivity index (χ2n) is 7.78. The van der Waals surface area contributed by atoms with Gasteiger partial charge in [0.05, 0.1) is 25.1 Å². The number of nitrogens with one attached hydrogen (secondary N) is 1. The summed E-state index contributed by atoms with van der Waals surface area (Å²) in [5.74, 6) is 1.01. The van der Waals surface area contributed by atoms with E-state index in [1.165, 1.54) is 0 Å². The van der Waals surface area contributed by atoms with Crippen molar-refractivity contribution >= 4 is 11.6 Å². The second kappa shape index (κ2) is 7.05. The van der Waals surface area contributed by atoms with E-state index < -0.39 is 5.41 Å². The molecule has 2 atom stereocenters. The summed E-state index contributed by atoms with van der Waals surface area (Å²) in [7, 11) is 1.67. The molecule has 146 valence electrons. The van der Waals surface area contributed by atoms with E-state index in [2.05, 4.69) is 41.7 Å². The van der Waals surface area contributed by atoms with Crippen molar-refractivity contribution in [2.75, 3.05) is 18.6 Å². The van der Waals surface area contributed by atoms with Gasteiger partial charge in [0.25, 0.3) is 0 Å². The van der Waals surface area contributed by atoms with Crippen LogP contribution in [-0.4, -0.2) is 19.6 Å². The smallest absolute Gasteiger partial charge is 0.240 e. The standard InChI is InChI=1S/C25H24N2O2/c1-29-20-13-11-19(12-14-20)23-25(15-16-26-23)21-9-5-6-10-22(21)27(24(25)28)17-18-7-3-2-4-8-18/h2-14,23,26H,15-17H2,1H3/t23-,25+/m0/s1. The number of anilines is 1. The molecule has 3 aromatic carbocycles. The van der Waals surface area contributed by atoms with Crippen molar-refractivity contribution in [1.82, 2.24) is 5.32 Å². The molecular weight excluding hydrogens is 360 g/mol. The van der Waals surface area contributed by atoms with Crippen LogP contribution in [0, 0.1) is 0 Å². The molecule has 0 unspecified atom stereocenters. The van der Waals surface area contributed by atoms with Gasteiger partial charge in [-0.05, 0) is 47.9 Å². The van der Waals surface area contributed by atoms with Crippen LogP contribution in [-0.2, 0) is 16.8 Å². The first-order chi connectivity index (χ1) is 14.2. The molecule has 1 spiro atoms. The Hall–Kier alpha value is -3.11. The van der Waals surface area contributed by atoms with E-state index in [9.17, 15) is 4.79 Å². The number of carbonyl (C=O) groups excluding carboxylic acids is 1. The van der Waals surface area contributed by atoms with Gasteiger partial charge in [-0.2, -0.15) is 0 Å². The maximum absolute atomic E-state index is 14.0. The Kier molecular flexibility index (Phi) is 4.36. The molecule has 0 bridgehead atoms. The van der Waals surface area contributed by atoms with E-state index in [4.69, 9.17) is 4.74 Å². The van der Waals surface area contributed by atoms with Crippen molar-refractivity contribution < 1.29 is 9.53 Å². The molecule has 2 aliphatic heterocycles. The number of benzene rings is 3. The number of ether oxygens (including phenoxy) is 1. The van der Waals surface area contributed by atoms with Crippen molar-refractivity contribution in [2.45, 2.75) is 24.4 Å². The van der Waals surface area contributed by atoms with Crippen molar-refractivity contribution in [3.05, 3.63) is 95.6 Å². The first-order valence-electron chi connectivity index (χ1n) is 10.1. The van der Waals surface area contributed by atoms with Crippen molar-refractivity contribution in [1.29, 1.82) is 0 Å². The average Bonchev–Trinajstić information content (AvgIpc) is 3.32. The zero-order valence-electron chi connectivity index (χ0n) is 16.5. The molecule has 29 heavy (non-hydrogen) atoms. The average molecular weight is 384 g/mol. The molecule has 0 radical (unpaired) electrons. The number of carbonyl (C=O) groups is 1. The summed E-state index contributed by atoms with van der Waals surface area (Å²) in [6.07, 6.45) is 0.796. The highest BCUT2D eigenvalue weighted by atomic mass is 16.5. The highest BCUT2D eigenvalue weighted by molar-refractivity contribution is 6.09. The molecule has 0 aliphatic carbocycles. The van der Waals surface area contributed by atoms with Crippen LogP contribution in [0.15, 0.2) is 78.9 Å². The van der Waals surface area contributed by atoms with Gasteiger partial charge in [-0.15, -0.1) is 0 Å². The largest absolute Gasteiger partial charge is 0.497 e. The number of methoxy groups -OCH3 is 1. The van der Waals surface area contributed by atoms with Crippen molar-refractivity contribution in [2.24, 2.45) is 0 Å². The van der Waals surface area contributed by atoms with Gasteiger partial charge in [-0.3, -0.25) is 4.79 Å². The first kappa shape index (κ1) is 18.0. The second-order valence-corrected chi connectivity index (χ2v) is 7.78. The first-order valence-corrected chi connectivity index (χ1v) is 10.1. The lowest BCUT2D eigenvalue weighted by Gasteiger charge is -2.31. The summed E-state index contributed by atoms with van der Waals surface area (Å²) >= 11 is 0. The van der Waals surface area contributed by atoms with E-state index in [-0.39, 0.29) is 11.9 Å². The fourth-order valence-corrected chi connectivity index (χ4v) is 4.93. The third-order valence-corrected chi connectivity index (χ3v) is 6.30. The number of amides is 1. The van der Waals surface area contributed by atoms with Crippen LogP contribution in [0.1, 0.15) is 29.2 Å². The van der Waals surface area contributed by atoms with E-state index in [1.54, 1.807) is 7.11 Å². The van der Waals surface area contributed by atoms with Gasteiger partial charge in [0.15, 0.2) is 0 Å². The highest BCUT2D eigenvalue weighted by Crippen LogP contribution is 2.53.